The lowest BCUT2D eigenvalue weighted by molar-refractivity contribution is -0.385. The number of piperazine rings is 1. The second kappa shape index (κ2) is 11.2. The maximum absolute atomic E-state index is 13.0. The molecular formula is C24H28ClN3O6. The first kappa shape index (κ1) is 25.3. The highest BCUT2D eigenvalue weighted by molar-refractivity contribution is 6.30. The molecule has 2 aromatic carbocycles. The van der Waals surface area contributed by atoms with Gasteiger partial charge in [-0.3, -0.25) is 19.7 Å². The van der Waals surface area contributed by atoms with Crippen LogP contribution >= 0.6 is 11.6 Å². The lowest BCUT2D eigenvalue weighted by atomic mass is 10.1. The van der Waals surface area contributed by atoms with Crippen LogP contribution in [0.15, 0.2) is 36.4 Å². The molecule has 1 fully saturated rings. The van der Waals surface area contributed by atoms with Crippen molar-refractivity contribution in [2.75, 3.05) is 33.3 Å². The summed E-state index contributed by atoms with van der Waals surface area (Å²) in [5.74, 6) is 0.907. The average molecular weight is 490 g/mol. The number of carbonyl (C=O) groups is 2. The van der Waals surface area contributed by atoms with Gasteiger partial charge in [-0.25, -0.2) is 0 Å². The summed E-state index contributed by atoms with van der Waals surface area (Å²) in [5.41, 5.74) is 0.116. The van der Waals surface area contributed by atoms with E-state index in [0.29, 0.717) is 44.1 Å². The number of carbonyl (C=O) groups excluding carboxylic acids is 2. The van der Waals surface area contributed by atoms with Crippen molar-refractivity contribution in [1.82, 2.24) is 9.80 Å². The van der Waals surface area contributed by atoms with Crippen molar-refractivity contribution in [2.24, 2.45) is 5.92 Å². The highest BCUT2D eigenvalue weighted by atomic mass is 35.5. The maximum atomic E-state index is 13.0. The zero-order valence-corrected chi connectivity index (χ0v) is 20.2. The molecule has 182 valence electrons. The summed E-state index contributed by atoms with van der Waals surface area (Å²) in [7, 11) is 1.42. The van der Waals surface area contributed by atoms with E-state index in [1.54, 1.807) is 17.0 Å². The third-order valence-corrected chi connectivity index (χ3v) is 5.84. The molecule has 0 aromatic heterocycles. The first-order chi connectivity index (χ1) is 16.2. The van der Waals surface area contributed by atoms with Crippen LogP contribution < -0.4 is 9.47 Å². The number of methoxy groups -OCH3 is 1. The third kappa shape index (κ3) is 6.17. The van der Waals surface area contributed by atoms with E-state index in [-0.39, 0.29) is 39.8 Å². The maximum Gasteiger partial charge on any atom is 0.313 e. The molecule has 0 radical (unpaired) electrons. The normalized spacial score (nSPS) is 13.7. The van der Waals surface area contributed by atoms with Gasteiger partial charge in [0, 0.05) is 49.3 Å². The summed E-state index contributed by atoms with van der Waals surface area (Å²) in [6.45, 7) is 6.08. The Morgan fingerprint density at radius 3 is 2.29 bits per heavy atom. The highest BCUT2D eigenvalue weighted by Gasteiger charge is 2.26. The van der Waals surface area contributed by atoms with Crippen molar-refractivity contribution in [1.29, 1.82) is 0 Å². The summed E-state index contributed by atoms with van der Waals surface area (Å²) in [6, 6.07) is 8.76. The number of hydrogen-bond donors (Lipinski definition) is 0. The fourth-order valence-corrected chi connectivity index (χ4v) is 3.80. The molecule has 0 saturated carbocycles. The van der Waals surface area contributed by atoms with Crippen molar-refractivity contribution in [3.8, 4) is 17.2 Å². The largest absolute Gasteiger partial charge is 0.493 e. The molecule has 1 saturated heterocycles. The van der Waals surface area contributed by atoms with E-state index in [1.165, 1.54) is 31.4 Å². The van der Waals surface area contributed by atoms with Gasteiger partial charge >= 0.3 is 5.69 Å². The molecule has 1 aliphatic rings. The first-order valence-corrected chi connectivity index (χ1v) is 11.4. The van der Waals surface area contributed by atoms with Gasteiger partial charge in [-0.2, -0.15) is 0 Å². The molecule has 0 unspecified atom stereocenters. The monoisotopic (exact) mass is 489 g/mol. The Hall–Kier alpha value is -3.33. The van der Waals surface area contributed by atoms with Gasteiger partial charge in [0.25, 0.3) is 5.91 Å². The Kier molecular flexibility index (Phi) is 8.33. The number of nitrogens with zero attached hydrogens (tertiary/aromatic N) is 3. The van der Waals surface area contributed by atoms with Crippen LogP contribution in [0.4, 0.5) is 5.69 Å². The molecule has 0 spiro atoms. The van der Waals surface area contributed by atoms with Crippen molar-refractivity contribution in [3.05, 3.63) is 57.1 Å². The number of hydrogen-bond acceptors (Lipinski definition) is 6. The van der Waals surface area contributed by atoms with Gasteiger partial charge in [0.1, 0.15) is 0 Å². The smallest absolute Gasteiger partial charge is 0.313 e. The van der Waals surface area contributed by atoms with Gasteiger partial charge in [-0.1, -0.05) is 25.4 Å². The number of ether oxygens (including phenoxy) is 2. The molecule has 2 aromatic rings. The minimum Gasteiger partial charge on any atom is -0.493 e. The van der Waals surface area contributed by atoms with Crippen LogP contribution in [0.25, 0.3) is 0 Å². The standard InChI is InChI=1S/C24H28ClN3O6/c1-16(2)4-9-23(29)26-10-12-27(13-11-26)24(30)17-5-7-21(22(14-17)33-3)34-20-8-6-18(25)15-19(20)28(31)32/h5-8,14-16H,4,9-13H2,1-3H3. The van der Waals surface area contributed by atoms with Crippen molar-refractivity contribution < 1.29 is 24.0 Å². The SMILES string of the molecule is COc1cc(C(=O)N2CCN(C(=O)CCC(C)C)CC2)ccc1Oc1ccc(Cl)cc1[N+](=O)[O-]. The summed E-state index contributed by atoms with van der Waals surface area (Å²) in [4.78, 5) is 39.6. The molecule has 0 bridgehead atoms. The third-order valence-electron chi connectivity index (χ3n) is 5.60. The summed E-state index contributed by atoms with van der Waals surface area (Å²) < 4.78 is 11.1. The van der Waals surface area contributed by atoms with Crippen LogP contribution in [-0.4, -0.2) is 59.8 Å². The Morgan fingerprint density at radius 2 is 1.68 bits per heavy atom. The number of amides is 2. The summed E-state index contributed by atoms with van der Waals surface area (Å²) in [5, 5.41) is 11.5. The van der Waals surface area contributed by atoms with Crippen LogP contribution in [0.5, 0.6) is 17.2 Å². The fourth-order valence-electron chi connectivity index (χ4n) is 3.63. The van der Waals surface area contributed by atoms with E-state index in [1.807, 2.05) is 4.90 Å². The quantitative estimate of drug-likeness (QED) is 0.391. The number of rotatable bonds is 8. The average Bonchev–Trinajstić information content (AvgIpc) is 2.83. The molecule has 1 aliphatic heterocycles. The first-order valence-electron chi connectivity index (χ1n) is 11.1. The van der Waals surface area contributed by atoms with E-state index in [0.717, 1.165) is 6.42 Å². The number of nitro groups is 1. The fraction of sp³-hybridized carbons (Fsp3) is 0.417. The molecular weight excluding hydrogens is 462 g/mol. The van der Waals surface area contributed by atoms with Gasteiger partial charge < -0.3 is 19.3 Å². The molecule has 10 heteroatoms. The second-order valence-corrected chi connectivity index (χ2v) is 8.88. The Bertz CT molecular complexity index is 1070. The highest BCUT2D eigenvalue weighted by Crippen LogP contribution is 2.38. The lowest BCUT2D eigenvalue weighted by Crippen LogP contribution is -2.50. The van der Waals surface area contributed by atoms with Gasteiger partial charge in [0.2, 0.25) is 11.7 Å². The topological polar surface area (TPSA) is 102 Å². The predicted octanol–water partition coefficient (Wildman–Crippen LogP) is 4.77. The molecule has 0 atom stereocenters. The van der Waals surface area contributed by atoms with Crippen molar-refractivity contribution >= 4 is 29.1 Å². The van der Waals surface area contributed by atoms with E-state index < -0.39 is 4.92 Å². The van der Waals surface area contributed by atoms with E-state index >= 15 is 0 Å². The minimum atomic E-state index is -0.585. The zero-order chi connectivity index (χ0) is 24.8. The van der Waals surface area contributed by atoms with Crippen LogP contribution in [0.2, 0.25) is 5.02 Å². The molecule has 3 rings (SSSR count). The Morgan fingerprint density at radius 1 is 1.03 bits per heavy atom. The molecule has 9 nitrogen and oxygen atoms in total. The number of nitro benzene ring substituents is 1. The lowest BCUT2D eigenvalue weighted by Gasteiger charge is -2.35. The Balaban J connectivity index is 1.69. The van der Waals surface area contributed by atoms with Crippen LogP contribution in [-0.2, 0) is 4.79 Å². The molecule has 0 N–H and O–H groups in total. The number of benzene rings is 2. The molecule has 34 heavy (non-hydrogen) atoms. The predicted molar refractivity (Wildman–Crippen MR) is 128 cm³/mol. The zero-order valence-electron chi connectivity index (χ0n) is 19.5. The summed E-state index contributed by atoms with van der Waals surface area (Å²) >= 11 is 5.86. The number of halogens is 1. The van der Waals surface area contributed by atoms with E-state index in [9.17, 15) is 19.7 Å². The van der Waals surface area contributed by atoms with E-state index in [4.69, 9.17) is 21.1 Å². The minimum absolute atomic E-state index is 0.00466. The molecule has 1 heterocycles. The van der Waals surface area contributed by atoms with Gasteiger partial charge in [-0.15, -0.1) is 0 Å². The molecule has 2 amide bonds. The van der Waals surface area contributed by atoms with Gasteiger partial charge in [-0.05, 0) is 42.7 Å². The second-order valence-electron chi connectivity index (χ2n) is 8.44. The van der Waals surface area contributed by atoms with Gasteiger partial charge in [0.15, 0.2) is 11.5 Å². The molecule has 0 aliphatic carbocycles. The van der Waals surface area contributed by atoms with Crippen LogP contribution in [0, 0.1) is 16.0 Å². The summed E-state index contributed by atoms with van der Waals surface area (Å²) in [6.07, 6.45) is 1.38. The van der Waals surface area contributed by atoms with Crippen LogP contribution in [0.3, 0.4) is 0 Å². The van der Waals surface area contributed by atoms with Crippen molar-refractivity contribution in [2.45, 2.75) is 26.7 Å². The van der Waals surface area contributed by atoms with Crippen LogP contribution in [0.1, 0.15) is 37.0 Å². The Labute approximate surface area is 203 Å². The van der Waals surface area contributed by atoms with E-state index in [2.05, 4.69) is 13.8 Å². The van der Waals surface area contributed by atoms with Crippen molar-refractivity contribution in [3.63, 3.8) is 0 Å². The van der Waals surface area contributed by atoms with Gasteiger partial charge in [0.05, 0.1) is 12.0 Å².